The Hall–Kier alpha value is -3.84. The summed E-state index contributed by atoms with van der Waals surface area (Å²) in [5.41, 5.74) is 3.63. The monoisotopic (exact) mass is 483 g/mol. The van der Waals surface area contributed by atoms with Crippen molar-refractivity contribution >= 4 is 23.4 Å². The molecule has 0 unspecified atom stereocenters. The van der Waals surface area contributed by atoms with Crippen LogP contribution in [0, 0.1) is 0 Å². The Bertz CT molecular complexity index is 1350. The topological polar surface area (TPSA) is 64.5 Å². The molecular formula is C28H25N3O3S. The van der Waals surface area contributed by atoms with Gasteiger partial charge >= 0.3 is 0 Å². The molecule has 5 rings (SSSR count). The zero-order chi connectivity index (χ0) is 24.2. The van der Waals surface area contributed by atoms with Crippen LogP contribution in [0.4, 0.5) is 5.69 Å². The number of thioether (sulfide) groups is 1. The van der Waals surface area contributed by atoms with E-state index in [-0.39, 0.29) is 11.7 Å². The van der Waals surface area contributed by atoms with Crippen molar-refractivity contribution in [2.75, 3.05) is 24.3 Å². The van der Waals surface area contributed by atoms with Gasteiger partial charge < -0.3 is 14.4 Å². The summed E-state index contributed by atoms with van der Waals surface area (Å²) in [6.45, 7) is 2.49. The van der Waals surface area contributed by atoms with Gasteiger partial charge in [0.2, 0.25) is 11.8 Å². The van der Waals surface area contributed by atoms with Crippen LogP contribution in [0.2, 0.25) is 0 Å². The summed E-state index contributed by atoms with van der Waals surface area (Å²) in [5, 5.41) is 0.746. The molecule has 0 saturated heterocycles. The highest BCUT2D eigenvalue weighted by Gasteiger charge is 2.27. The number of nitrogens with zero attached hydrogens (tertiary/aromatic N) is 3. The highest BCUT2D eigenvalue weighted by molar-refractivity contribution is 8.00. The van der Waals surface area contributed by atoms with Gasteiger partial charge in [0.25, 0.3) is 0 Å². The van der Waals surface area contributed by atoms with E-state index in [9.17, 15) is 4.79 Å². The number of benzene rings is 3. The van der Waals surface area contributed by atoms with Gasteiger partial charge in [-0.15, -0.1) is 0 Å². The van der Waals surface area contributed by atoms with Gasteiger partial charge in [0.15, 0.2) is 17.3 Å². The maximum Gasteiger partial charge on any atom is 0.237 e. The number of aromatic nitrogens is 2. The standard InChI is InChI=1S/C28H25N3O3S/c1-3-33-23-16-10-13-20-17-22-27(34-25(20)23)29-26(19-11-6-4-7-12-19)30-28(22)35-18-24(32)31(2)21-14-8-5-9-15-21/h4-16H,3,17-18H2,1-2H3. The molecule has 2 heterocycles. The Balaban J connectivity index is 1.48. The highest BCUT2D eigenvalue weighted by atomic mass is 32.2. The van der Waals surface area contributed by atoms with Crippen molar-refractivity contribution in [3.63, 3.8) is 0 Å². The number of ether oxygens (including phenoxy) is 2. The molecule has 35 heavy (non-hydrogen) atoms. The Morgan fingerprint density at radius 2 is 1.74 bits per heavy atom. The van der Waals surface area contributed by atoms with E-state index in [1.54, 1.807) is 11.9 Å². The molecule has 1 amide bonds. The number of fused-ring (bicyclic) bond motifs is 2. The third-order valence-corrected chi connectivity index (χ3v) is 6.74. The lowest BCUT2D eigenvalue weighted by Crippen LogP contribution is -2.28. The van der Waals surface area contributed by atoms with E-state index < -0.39 is 0 Å². The fourth-order valence-electron chi connectivity index (χ4n) is 3.91. The second-order valence-electron chi connectivity index (χ2n) is 8.04. The number of carbonyl (C=O) groups is 1. The average molecular weight is 484 g/mol. The smallest absolute Gasteiger partial charge is 0.237 e. The van der Waals surface area contributed by atoms with E-state index in [1.165, 1.54) is 11.8 Å². The summed E-state index contributed by atoms with van der Waals surface area (Å²) in [6, 6.07) is 25.3. The van der Waals surface area contributed by atoms with Gasteiger partial charge in [-0.1, -0.05) is 72.4 Å². The van der Waals surface area contributed by atoms with Crippen molar-refractivity contribution in [1.82, 2.24) is 9.97 Å². The molecule has 0 saturated carbocycles. The van der Waals surface area contributed by atoms with Crippen LogP contribution in [-0.2, 0) is 11.2 Å². The van der Waals surface area contributed by atoms with E-state index in [2.05, 4.69) is 0 Å². The highest BCUT2D eigenvalue weighted by Crippen LogP contribution is 2.44. The fourth-order valence-corrected chi connectivity index (χ4v) is 4.85. The molecule has 0 aliphatic carbocycles. The zero-order valence-corrected chi connectivity index (χ0v) is 20.4. The van der Waals surface area contributed by atoms with Crippen molar-refractivity contribution in [3.05, 3.63) is 90.0 Å². The Morgan fingerprint density at radius 3 is 2.49 bits per heavy atom. The van der Waals surface area contributed by atoms with Gasteiger partial charge in [-0.25, -0.2) is 4.98 Å². The van der Waals surface area contributed by atoms with Gasteiger partial charge in [0.05, 0.1) is 17.9 Å². The van der Waals surface area contributed by atoms with Crippen LogP contribution in [0.3, 0.4) is 0 Å². The van der Waals surface area contributed by atoms with Crippen molar-refractivity contribution in [1.29, 1.82) is 0 Å². The van der Waals surface area contributed by atoms with Crippen LogP contribution >= 0.6 is 11.8 Å². The molecule has 7 heteroatoms. The van der Waals surface area contributed by atoms with Crippen LogP contribution in [0.5, 0.6) is 17.4 Å². The number of amides is 1. The minimum Gasteiger partial charge on any atom is -0.490 e. The van der Waals surface area contributed by atoms with Crippen LogP contribution in [0.15, 0.2) is 83.9 Å². The van der Waals surface area contributed by atoms with E-state index in [0.29, 0.717) is 36.2 Å². The summed E-state index contributed by atoms with van der Waals surface area (Å²) in [4.78, 5) is 24.3. The molecule has 1 aliphatic heterocycles. The number of anilines is 1. The van der Waals surface area contributed by atoms with Gasteiger partial charge in [-0.2, -0.15) is 4.98 Å². The second kappa shape index (κ2) is 10.2. The average Bonchev–Trinajstić information content (AvgIpc) is 2.91. The van der Waals surface area contributed by atoms with Crippen molar-refractivity contribution < 1.29 is 14.3 Å². The number of hydrogen-bond acceptors (Lipinski definition) is 6. The molecule has 176 valence electrons. The third-order valence-electron chi connectivity index (χ3n) is 5.74. The van der Waals surface area contributed by atoms with Crippen molar-refractivity contribution in [3.8, 4) is 28.8 Å². The zero-order valence-electron chi connectivity index (χ0n) is 19.6. The van der Waals surface area contributed by atoms with E-state index in [0.717, 1.165) is 27.4 Å². The molecule has 6 nitrogen and oxygen atoms in total. The summed E-state index contributed by atoms with van der Waals surface area (Å²) >= 11 is 1.41. The van der Waals surface area contributed by atoms with Gasteiger partial charge in [-0.05, 0) is 25.1 Å². The molecular weight excluding hydrogens is 458 g/mol. The Morgan fingerprint density at radius 1 is 1.00 bits per heavy atom. The molecule has 0 fully saturated rings. The lowest BCUT2D eigenvalue weighted by molar-refractivity contribution is -0.115. The molecule has 0 bridgehead atoms. The number of hydrogen-bond donors (Lipinski definition) is 0. The molecule has 1 aliphatic rings. The lowest BCUT2D eigenvalue weighted by Gasteiger charge is -2.24. The first-order chi connectivity index (χ1) is 17.1. The third kappa shape index (κ3) is 4.86. The molecule has 0 spiro atoms. The summed E-state index contributed by atoms with van der Waals surface area (Å²) in [7, 11) is 1.79. The minimum absolute atomic E-state index is 0.00872. The predicted molar refractivity (Wildman–Crippen MR) is 139 cm³/mol. The minimum atomic E-state index is -0.00872. The molecule has 0 N–H and O–H groups in total. The first-order valence-electron chi connectivity index (χ1n) is 11.5. The summed E-state index contributed by atoms with van der Waals surface area (Å²) in [6.07, 6.45) is 0.603. The number of rotatable bonds is 7. The molecule has 0 atom stereocenters. The molecule has 4 aromatic rings. The van der Waals surface area contributed by atoms with Crippen LogP contribution in [0.1, 0.15) is 18.1 Å². The predicted octanol–water partition coefficient (Wildman–Crippen LogP) is 5.99. The largest absolute Gasteiger partial charge is 0.490 e. The molecule has 0 radical (unpaired) electrons. The van der Waals surface area contributed by atoms with Crippen LogP contribution in [0.25, 0.3) is 11.4 Å². The van der Waals surface area contributed by atoms with E-state index >= 15 is 0 Å². The van der Waals surface area contributed by atoms with Crippen molar-refractivity contribution in [2.45, 2.75) is 18.4 Å². The second-order valence-corrected chi connectivity index (χ2v) is 9.00. The maximum absolute atomic E-state index is 13.0. The fraction of sp³-hybridized carbons (Fsp3) is 0.179. The molecule has 1 aromatic heterocycles. The number of carbonyl (C=O) groups excluding carboxylic acids is 1. The van der Waals surface area contributed by atoms with E-state index in [4.69, 9.17) is 19.4 Å². The van der Waals surface area contributed by atoms with Gasteiger partial charge in [0.1, 0.15) is 5.03 Å². The SMILES string of the molecule is CCOc1cccc2c1Oc1nc(-c3ccccc3)nc(SCC(=O)N(C)c3ccccc3)c1C2. The van der Waals surface area contributed by atoms with Crippen LogP contribution in [-0.4, -0.2) is 35.3 Å². The van der Waals surface area contributed by atoms with Gasteiger partial charge in [-0.3, -0.25) is 4.79 Å². The Kier molecular flexibility index (Phi) is 6.68. The van der Waals surface area contributed by atoms with Crippen molar-refractivity contribution in [2.24, 2.45) is 0 Å². The van der Waals surface area contributed by atoms with E-state index in [1.807, 2.05) is 85.8 Å². The normalized spacial score (nSPS) is 11.7. The summed E-state index contributed by atoms with van der Waals surface area (Å²) < 4.78 is 12.1. The quantitative estimate of drug-likeness (QED) is 0.209. The number of para-hydroxylation sites is 2. The summed E-state index contributed by atoms with van der Waals surface area (Å²) in [5.74, 6) is 2.69. The lowest BCUT2D eigenvalue weighted by atomic mass is 10.0. The molecule has 3 aromatic carbocycles. The Labute approximate surface area is 208 Å². The first kappa shape index (κ1) is 22.9. The van der Waals surface area contributed by atoms with Gasteiger partial charge in [0, 0.05) is 30.3 Å². The first-order valence-corrected chi connectivity index (χ1v) is 12.5. The van der Waals surface area contributed by atoms with Crippen LogP contribution < -0.4 is 14.4 Å². The maximum atomic E-state index is 13.0.